The first kappa shape index (κ1) is 15.0. The van der Waals surface area contributed by atoms with E-state index in [2.05, 4.69) is 15.1 Å². The molecule has 1 rings (SSSR count). The van der Waals surface area contributed by atoms with E-state index in [9.17, 15) is 8.42 Å². The van der Waals surface area contributed by atoms with Crippen LogP contribution in [0.5, 0.6) is 0 Å². The minimum Gasteiger partial charge on any atom is -0.313 e. The van der Waals surface area contributed by atoms with Crippen LogP contribution < -0.4 is 10.0 Å². The zero-order chi connectivity index (χ0) is 13.8. The van der Waals surface area contributed by atoms with Gasteiger partial charge in [-0.1, -0.05) is 20.8 Å². The minimum absolute atomic E-state index is 0.0588. The molecule has 0 fully saturated rings. The third kappa shape index (κ3) is 4.66. The second-order valence-corrected chi connectivity index (χ2v) is 6.39. The molecule has 0 amide bonds. The summed E-state index contributed by atoms with van der Waals surface area (Å²) in [6.45, 7) is 6.35. The Labute approximate surface area is 109 Å². The van der Waals surface area contributed by atoms with Crippen LogP contribution in [-0.4, -0.2) is 36.5 Å². The molecule has 7 heteroatoms. The number of aryl methyl sites for hydroxylation is 2. The maximum atomic E-state index is 11.9. The predicted molar refractivity (Wildman–Crippen MR) is 73.1 cm³/mol. The van der Waals surface area contributed by atoms with Gasteiger partial charge in [0.25, 0.3) is 0 Å². The van der Waals surface area contributed by atoms with E-state index < -0.39 is 10.0 Å². The van der Waals surface area contributed by atoms with Crippen molar-refractivity contribution < 1.29 is 8.42 Å². The molecule has 1 heterocycles. The fraction of sp³-hybridized carbons (Fsp3) is 0.727. The molecule has 0 aromatic carbocycles. The van der Waals surface area contributed by atoms with Gasteiger partial charge in [-0.3, -0.25) is 9.40 Å². The Morgan fingerprint density at radius 3 is 2.67 bits per heavy atom. The van der Waals surface area contributed by atoms with Crippen molar-refractivity contribution in [2.24, 2.45) is 7.05 Å². The molecule has 0 bridgehead atoms. The maximum absolute atomic E-state index is 11.9. The van der Waals surface area contributed by atoms with Crippen molar-refractivity contribution >= 4 is 15.7 Å². The van der Waals surface area contributed by atoms with Crippen molar-refractivity contribution in [1.29, 1.82) is 0 Å². The molecule has 104 valence electrons. The summed E-state index contributed by atoms with van der Waals surface area (Å²) >= 11 is 0. The molecule has 0 radical (unpaired) electrons. The van der Waals surface area contributed by atoms with Gasteiger partial charge in [-0.2, -0.15) is 5.10 Å². The van der Waals surface area contributed by atoms with Gasteiger partial charge >= 0.3 is 0 Å². The summed E-state index contributed by atoms with van der Waals surface area (Å²) < 4.78 is 27.9. The number of aromatic nitrogens is 2. The molecule has 2 N–H and O–H groups in total. The molecular weight excluding hydrogens is 252 g/mol. The molecule has 0 saturated heterocycles. The van der Waals surface area contributed by atoms with Gasteiger partial charge in [0, 0.05) is 25.8 Å². The molecule has 0 spiro atoms. The number of rotatable bonds is 7. The fourth-order valence-electron chi connectivity index (χ4n) is 1.58. The van der Waals surface area contributed by atoms with Gasteiger partial charge in [0.05, 0.1) is 17.1 Å². The van der Waals surface area contributed by atoms with E-state index >= 15 is 0 Å². The number of hydrogen-bond acceptors (Lipinski definition) is 4. The Balaban J connectivity index is 2.64. The molecule has 0 saturated carbocycles. The van der Waals surface area contributed by atoms with Crippen molar-refractivity contribution in [2.75, 3.05) is 17.0 Å². The smallest absolute Gasteiger partial charge is 0.234 e. The highest BCUT2D eigenvalue weighted by Crippen LogP contribution is 2.15. The minimum atomic E-state index is -3.32. The van der Waals surface area contributed by atoms with Gasteiger partial charge in [0.15, 0.2) is 0 Å². The average molecular weight is 274 g/mol. The highest BCUT2D eigenvalue weighted by atomic mass is 32.2. The molecule has 0 aliphatic heterocycles. The van der Waals surface area contributed by atoms with Crippen molar-refractivity contribution in [3.63, 3.8) is 0 Å². The van der Waals surface area contributed by atoms with Crippen molar-refractivity contribution in [3.8, 4) is 0 Å². The molecular formula is C11H22N4O2S. The topological polar surface area (TPSA) is 76.0 Å². The van der Waals surface area contributed by atoms with Crippen LogP contribution in [0.15, 0.2) is 6.20 Å². The summed E-state index contributed by atoms with van der Waals surface area (Å²) in [5, 5.41) is 7.28. The molecule has 6 nitrogen and oxygen atoms in total. The monoisotopic (exact) mass is 274 g/mol. The summed E-state index contributed by atoms with van der Waals surface area (Å²) in [5.41, 5.74) is 1.34. The highest BCUT2D eigenvalue weighted by Gasteiger charge is 2.14. The first-order valence-electron chi connectivity index (χ1n) is 6.10. The highest BCUT2D eigenvalue weighted by molar-refractivity contribution is 7.92. The number of sulfonamides is 1. The number of nitrogens with zero attached hydrogens (tertiary/aromatic N) is 2. The summed E-state index contributed by atoms with van der Waals surface area (Å²) in [7, 11) is -1.54. The Hall–Kier alpha value is -1.08. The normalized spacial score (nSPS) is 12.1. The largest absolute Gasteiger partial charge is 0.313 e. The van der Waals surface area contributed by atoms with Crippen LogP contribution in [0, 0.1) is 0 Å². The standard InChI is InChI=1S/C11H22N4O2S/c1-5-10-11(8-15(4)13-10)14-18(16,17)7-6-12-9(2)3/h8-9,12,14H,5-7H2,1-4H3. The summed E-state index contributed by atoms with van der Waals surface area (Å²) in [6.07, 6.45) is 2.38. The van der Waals surface area contributed by atoms with Crippen LogP contribution in [0.1, 0.15) is 26.5 Å². The lowest BCUT2D eigenvalue weighted by Gasteiger charge is -2.10. The lowest BCUT2D eigenvalue weighted by atomic mass is 10.3. The molecule has 0 unspecified atom stereocenters. The lowest BCUT2D eigenvalue weighted by Crippen LogP contribution is -2.31. The van der Waals surface area contributed by atoms with E-state index in [0.717, 1.165) is 5.69 Å². The van der Waals surface area contributed by atoms with Gasteiger partial charge in [-0.05, 0) is 6.42 Å². The Morgan fingerprint density at radius 2 is 2.11 bits per heavy atom. The number of anilines is 1. The molecule has 1 aromatic rings. The van der Waals surface area contributed by atoms with E-state index in [0.29, 0.717) is 18.7 Å². The van der Waals surface area contributed by atoms with E-state index in [-0.39, 0.29) is 11.8 Å². The lowest BCUT2D eigenvalue weighted by molar-refractivity contribution is 0.582. The molecule has 0 aliphatic rings. The predicted octanol–water partition coefficient (Wildman–Crippen LogP) is 0.722. The van der Waals surface area contributed by atoms with Gasteiger partial charge in [-0.15, -0.1) is 0 Å². The Morgan fingerprint density at radius 1 is 1.44 bits per heavy atom. The zero-order valence-electron chi connectivity index (χ0n) is 11.4. The fourth-order valence-corrected chi connectivity index (χ4v) is 2.58. The van der Waals surface area contributed by atoms with Gasteiger partial charge in [-0.25, -0.2) is 8.42 Å². The second kappa shape index (κ2) is 6.19. The van der Waals surface area contributed by atoms with Gasteiger partial charge in [0.2, 0.25) is 10.0 Å². The van der Waals surface area contributed by atoms with Crippen molar-refractivity contribution in [2.45, 2.75) is 33.2 Å². The quantitative estimate of drug-likeness (QED) is 0.768. The van der Waals surface area contributed by atoms with Crippen LogP contribution in [0.3, 0.4) is 0 Å². The van der Waals surface area contributed by atoms with Gasteiger partial charge in [0.1, 0.15) is 0 Å². The third-order valence-electron chi connectivity index (χ3n) is 2.43. The summed E-state index contributed by atoms with van der Waals surface area (Å²) in [4.78, 5) is 0. The van der Waals surface area contributed by atoms with Crippen LogP contribution >= 0.6 is 0 Å². The van der Waals surface area contributed by atoms with E-state index in [1.165, 1.54) is 0 Å². The number of hydrogen-bond donors (Lipinski definition) is 2. The molecule has 1 aromatic heterocycles. The third-order valence-corrected chi connectivity index (χ3v) is 3.70. The van der Waals surface area contributed by atoms with Gasteiger partial charge < -0.3 is 5.32 Å². The molecule has 18 heavy (non-hydrogen) atoms. The maximum Gasteiger partial charge on any atom is 0.234 e. The summed E-state index contributed by atoms with van der Waals surface area (Å²) in [5.74, 6) is 0.0588. The van der Waals surface area contributed by atoms with E-state index in [4.69, 9.17) is 0 Å². The number of nitrogens with one attached hydrogen (secondary N) is 2. The Kier molecular flexibility index (Phi) is 5.15. The van der Waals surface area contributed by atoms with E-state index in [1.54, 1.807) is 17.9 Å². The first-order chi connectivity index (χ1) is 8.34. The Bertz CT molecular complexity index is 479. The summed E-state index contributed by atoms with van der Waals surface area (Å²) in [6, 6.07) is 0.282. The SMILES string of the molecule is CCc1nn(C)cc1NS(=O)(=O)CCNC(C)C. The van der Waals surface area contributed by atoms with Crippen LogP contribution in [0.25, 0.3) is 0 Å². The van der Waals surface area contributed by atoms with Crippen LogP contribution in [0.2, 0.25) is 0 Å². The average Bonchev–Trinajstić information content (AvgIpc) is 2.56. The van der Waals surface area contributed by atoms with Crippen LogP contribution in [-0.2, 0) is 23.5 Å². The molecule has 0 atom stereocenters. The second-order valence-electron chi connectivity index (χ2n) is 4.55. The first-order valence-corrected chi connectivity index (χ1v) is 7.75. The van der Waals surface area contributed by atoms with Crippen molar-refractivity contribution in [1.82, 2.24) is 15.1 Å². The zero-order valence-corrected chi connectivity index (χ0v) is 12.2. The van der Waals surface area contributed by atoms with Crippen molar-refractivity contribution in [3.05, 3.63) is 11.9 Å². The van der Waals surface area contributed by atoms with Crippen LogP contribution in [0.4, 0.5) is 5.69 Å². The molecule has 0 aliphatic carbocycles. The van der Waals surface area contributed by atoms with E-state index in [1.807, 2.05) is 20.8 Å².